The smallest absolute Gasteiger partial charge is 0.313 e. The minimum Gasteiger partial charge on any atom is -0.462 e. The van der Waals surface area contributed by atoms with Crippen LogP contribution >= 0.6 is 0 Å². The van der Waals surface area contributed by atoms with Gasteiger partial charge in [0.25, 0.3) is 0 Å². The molecule has 0 bridgehead atoms. The van der Waals surface area contributed by atoms with E-state index >= 15 is 0 Å². The van der Waals surface area contributed by atoms with Crippen LogP contribution in [-0.2, 0) is 14.3 Å². The molecule has 3 fully saturated rings. The third-order valence-electron chi connectivity index (χ3n) is 5.51. The summed E-state index contributed by atoms with van der Waals surface area (Å²) in [5, 5.41) is 3.24. The average molecular weight is 253 g/mol. The van der Waals surface area contributed by atoms with E-state index in [-0.39, 0.29) is 22.9 Å². The molecule has 2 saturated carbocycles. The van der Waals surface area contributed by atoms with Crippen molar-refractivity contribution in [2.45, 2.75) is 33.3 Å². The fraction of sp³-hybridized carbons (Fsp3) is 0.929. The summed E-state index contributed by atoms with van der Waals surface area (Å²) >= 11 is 0. The first-order valence-corrected chi connectivity index (χ1v) is 7.00. The third kappa shape index (κ3) is 1.42. The number of carbonyl (C=O) groups excluding carboxylic acids is 1. The molecule has 18 heavy (non-hydrogen) atoms. The highest BCUT2D eigenvalue weighted by molar-refractivity contribution is 5.85. The largest absolute Gasteiger partial charge is 0.462 e. The van der Waals surface area contributed by atoms with E-state index in [1.807, 2.05) is 0 Å². The molecule has 4 unspecified atom stereocenters. The second kappa shape index (κ2) is 3.94. The molecule has 0 aromatic rings. The Bertz CT molecular complexity index is 362. The van der Waals surface area contributed by atoms with Gasteiger partial charge in [0.05, 0.1) is 12.0 Å². The molecule has 0 aromatic carbocycles. The van der Waals surface area contributed by atoms with E-state index in [9.17, 15) is 4.79 Å². The molecule has 4 nitrogen and oxygen atoms in total. The quantitative estimate of drug-likeness (QED) is 0.768. The van der Waals surface area contributed by atoms with E-state index in [4.69, 9.17) is 9.47 Å². The highest BCUT2D eigenvalue weighted by Crippen LogP contribution is 2.82. The Kier molecular flexibility index (Phi) is 2.72. The van der Waals surface area contributed by atoms with Gasteiger partial charge in [-0.05, 0) is 23.7 Å². The van der Waals surface area contributed by atoms with Crippen molar-refractivity contribution >= 4 is 5.97 Å². The summed E-state index contributed by atoms with van der Waals surface area (Å²) < 4.78 is 11.1. The monoisotopic (exact) mass is 253 g/mol. The normalized spacial score (nSPS) is 44.7. The van der Waals surface area contributed by atoms with Crippen molar-refractivity contribution in [2.75, 3.05) is 26.3 Å². The number of hydrogen-bond acceptors (Lipinski definition) is 4. The van der Waals surface area contributed by atoms with Crippen LogP contribution in [0.25, 0.3) is 0 Å². The highest BCUT2D eigenvalue weighted by Gasteiger charge is 2.84. The van der Waals surface area contributed by atoms with Gasteiger partial charge in [-0.15, -0.1) is 0 Å². The first-order valence-electron chi connectivity index (χ1n) is 7.00. The first kappa shape index (κ1) is 12.4. The lowest BCUT2D eigenvalue weighted by Gasteiger charge is -2.33. The van der Waals surface area contributed by atoms with Crippen molar-refractivity contribution in [3.63, 3.8) is 0 Å². The van der Waals surface area contributed by atoms with Gasteiger partial charge in [-0.25, -0.2) is 0 Å². The highest BCUT2D eigenvalue weighted by atomic mass is 16.6. The van der Waals surface area contributed by atoms with Crippen LogP contribution in [0.5, 0.6) is 0 Å². The van der Waals surface area contributed by atoms with Crippen LogP contribution in [0.15, 0.2) is 0 Å². The second-order valence-corrected chi connectivity index (χ2v) is 6.58. The Labute approximate surface area is 108 Å². The van der Waals surface area contributed by atoms with Crippen LogP contribution in [0.2, 0.25) is 0 Å². The Morgan fingerprint density at radius 1 is 1.50 bits per heavy atom. The zero-order valence-electron chi connectivity index (χ0n) is 11.5. The summed E-state index contributed by atoms with van der Waals surface area (Å²) in [7, 11) is 0. The molecule has 102 valence electrons. The Morgan fingerprint density at radius 2 is 2.28 bits per heavy atom. The molecule has 2 aliphatic carbocycles. The number of hydrogen-bond donors (Lipinski definition) is 1. The third-order valence-corrected chi connectivity index (χ3v) is 5.51. The molecule has 3 aliphatic rings. The fourth-order valence-corrected chi connectivity index (χ4v) is 4.37. The standard InChI is InChI=1S/C14H23NO3/c1-9-6-11-13(2,3)14(9,11)12(16)18-8-10-7-15-4-5-17-10/h9-11,15H,4-8H2,1-3H3. The van der Waals surface area contributed by atoms with Crippen molar-refractivity contribution in [3.05, 3.63) is 0 Å². The van der Waals surface area contributed by atoms with Crippen molar-refractivity contribution in [3.8, 4) is 0 Å². The maximum absolute atomic E-state index is 12.4. The summed E-state index contributed by atoms with van der Waals surface area (Å²) in [6.45, 7) is 9.33. The fourth-order valence-electron chi connectivity index (χ4n) is 4.37. The lowest BCUT2D eigenvalue weighted by molar-refractivity contribution is -0.162. The number of rotatable bonds is 3. The maximum atomic E-state index is 12.4. The predicted octanol–water partition coefficient (Wildman–Crippen LogP) is 1.20. The van der Waals surface area contributed by atoms with Gasteiger partial charge < -0.3 is 14.8 Å². The zero-order valence-corrected chi connectivity index (χ0v) is 11.5. The van der Waals surface area contributed by atoms with E-state index in [1.54, 1.807) is 0 Å². The Hall–Kier alpha value is -0.610. The number of nitrogens with one attached hydrogen (secondary N) is 1. The molecule has 0 amide bonds. The topological polar surface area (TPSA) is 47.6 Å². The van der Waals surface area contributed by atoms with E-state index in [1.165, 1.54) is 6.42 Å². The van der Waals surface area contributed by atoms with Crippen LogP contribution in [0.4, 0.5) is 0 Å². The molecule has 0 spiro atoms. The first-order chi connectivity index (χ1) is 8.51. The number of ether oxygens (including phenoxy) is 2. The molecule has 3 rings (SSSR count). The Balaban J connectivity index is 1.56. The number of carbonyl (C=O) groups is 1. The van der Waals surface area contributed by atoms with E-state index in [2.05, 4.69) is 26.1 Å². The minimum atomic E-state index is -0.185. The second-order valence-electron chi connectivity index (χ2n) is 6.58. The molecule has 0 radical (unpaired) electrons. The number of morpholine rings is 1. The van der Waals surface area contributed by atoms with Crippen molar-refractivity contribution in [1.29, 1.82) is 0 Å². The molecule has 1 heterocycles. The molecule has 1 N–H and O–H groups in total. The van der Waals surface area contributed by atoms with Crippen molar-refractivity contribution in [2.24, 2.45) is 22.7 Å². The van der Waals surface area contributed by atoms with Gasteiger partial charge in [0, 0.05) is 13.1 Å². The molecule has 4 heteroatoms. The molecular weight excluding hydrogens is 230 g/mol. The lowest BCUT2D eigenvalue weighted by Crippen LogP contribution is -2.43. The summed E-state index contributed by atoms with van der Waals surface area (Å²) in [6, 6.07) is 0. The van der Waals surface area contributed by atoms with Crippen molar-refractivity contribution in [1.82, 2.24) is 5.32 Å². The molecule has 0 aromatic heterocycles. The maximum Gasteiger partial charge on any atom is 0.313 e. The number of fused-ring (bicyclic) bond motifs is 1. The average Bonchev–Trinajstić information content (AvgIpc) is 2.76. The molecule has 1 aliphatic heterocycles. The van der Waals surface area contributed by atoms with Crippen LogP contribution in [-0.4, -0.2) is 38.4 Å². The zero-order chi connectivity index (χ0) is 13.0. The van der Waals surface area contributed by atoms with Crippen LogP contribution in [0.1, 0.15) is 27.2 Å². The van der Waals surface area contributed by atoms with Gasteiger partial charge >= 0.3 is 5.97 Å². The lowest BCUT2D eigenvalue weighted by atomic mass is 9.73. The summed E-state index contributed by atoms with van der Waals surface area (Å²) in [5.41, 5.74) is -0.0513. The van der Waals surface area contributed by atoms with Crippen molar-refractivity contribution < 1.29 is 14.3 Å². The Morgan fingerprint density at radius 3 is 2.78 bits per heavy atom. The summed E-state index contributed by atoms with van der Waals surface area (Å²) in [6.07, 6.45) is 1.19. The van der Waals surface area contributed by atoms with Gasteiger partial charge in [-0.2, -0.15) is 0 Å². The van der Waals surface area contributed by atoms with Crippen LogP contribution in [0, 0.1) is 22.7 Å². The van der Waals surface area contributed by atoms with Crippen LogP contribution in [0.3, 0.4) is 0 Å². The van der Waals surface area contributed by atoms with Gasteiger partial charge in [-0.3, -0.25) is 4.79 Å². The molecule has 4 atom stereocenters. The SMILES string of the molecule is CC1CC2C(C)(C)C12C(=O)OCC1CNCCO1. The van der Waals surface area contributed by atoms with Gasteiger partial charge in [0.2, 0.25) is 0 Å². The summed E-state index contributed by atoms with van der Waals surface area (Å²) in [5.74, 6) is 1.01. The van der Waals surface area contributed by atoms with Gasteiger partial charge in [-0.1, -0.05) is 20.8 Å². The minimum absolute atomic E-state index is 0.00502. The predicted molar refractivity (Wildman–Crippen MR) is 67.1 cm³/mol. The van der Waals surface area contributed by atoms with Gasteiger partial charge in [0.15, 0.2) is 0 Å². The summed E-state index contributed by atoms with van der Waals surface area (Å²) in [4.78, 5) is 12.4. The van der Waals surface area contributed by atoms with E-state index in [0.717, 1.165) is 13.1 Å². The molecule has 1 saturated heterocycles. The van der Waals surface area contributed by atoms with E-state index in [0.29, 0.717) is 25.0 Å². The van der Waals surface area contributed by atoms with E-state index < -0.39 is 0 Å². The number of esters is 1. The molecular formula is C14H23NO3. The van der Waals surface area contributed by atoms with Crippen LogP contribution < -0.4 is 5.32 Å². The van der Waals surface area contributed by atoms with Gasteiger partial charge in [0.1, 0.15) is 12.7 Å².